The van der Waals surface area contributed by atoms with Gasteiger partial charge < -0.3 is 9.80 Å². The van der Waals surface area contributed by atoms with Gasteiger partial charge in [0.1, 0.15) is 0 Å². The lowest BCUT2D eigenvalue weighted by molar-refractivity contribution is -0.132. The van der Waals surface area contributed by atoms with E-state index in [1.807, 2.05) is 57.8 Å². The number of rotatable bonds is 3. The highest BCUT2D eigenvalue weighted by Gasteiger charge is 2.35. The number of hydrogen-bond donors (Lipinski definition) is 0. The molecule has 0 unspecified atom stereocenters. The summed E-state index contributed by atoms with van der Waals surface area (Å²) < 4.78 is 2.03. The van der Waals surface area contributed by atoms with E-state index in [-0.39, 0.29) is 5.92 Å². The Hall–Kier alpha value is -3.19. The third-order valence-electron chi connectivity index (χ3n) is 6.12. The molecule has 0 bridgehead atoms. The lowest BCUT2D eigenvalue weighted by atomic mass is 10.2. The number of amides is 1. The first-order valence-electron chi connectivity index (χ1n) is 10.6. The van der Waals surface area contributed by atoms with Crippen molar-refractivity contribution in [2.24, 2.45) is 5.92 Å². The lowest BCUT2D eigenvalue weighted by Crippen LogP contribution is -2.50. The standard InChI is InChI=1S/C23H21ClN6O/c24-17-8-9-18-19(14-17)25-23(29-12-10-28(11-13-29)22(31)16-6-7-16)30-20(26-27-21(18)30)15-4-2-1-3-5-15/h1-5,8-9,14,16H,6-7,10-13H2. The Labute approximate surface area is 184 Å². The van der Waals surface area contributed by atoms with Crippen molar-refractivity contribution in [1.82, 2.24) is 24.5 Å². The first-order chi connectivity index (χ1) is 15.2. The lowest BCUT2D eigenvalue weighted by Gasteiger charge is -2.35. The van der Waals surface area contributed by atoms with Crippen LogP contribution in [0.25, 0.3) is 27.9 Å². The molecule has 1 saturated carbocycles. The zero-order valence-electron chi connectivity index (χ0n) is 16.9. The molecule has 0 spiro atoms. The highest BCUT2D eigenvalue weighted by atomic mass is 35.5. The van der Waals surface area contributed by atoms with Gasteiger partial charge in [0.15, 0.2) is 11.5 Å². The molecule has 1 amide bonds. The second-order valence-corrected chi connectivity index (χ2v) is 8.64. The second-order valence-electron chi connectivity index (χ2n) is 8.21. The second kappa shape index (κ2) is 7.20. The molecule has 0 radical (unpaired) electrons. The molecule has 4 aromatic rings. The van der Waals surface area contributed by atoms with E-state index in [1.54, 1.807) is 0 Å². The van der Waals surface area contributed by atoms with Crippen LogP contribution in [0.3, 0.4) is 0 Å². The molecule has 3 heterocycles. The van der Waals surface area contributed by atoms with Crippen LogP contribution in [-0.2, 0) is 4.79 Å². The zero-order chi connectivity index (χ0) is 20.9. The van der Waals surface area contributed by atoms with Crippen molar-refractivity contribution in [2.45, 2.75) is 12.8 Å². The number of hydrogen-bond acceptors (Lipinski definition) is 5. The van der Waals surface area contributed by atoms with Crippen molar-refractivity contribution in [3.05, 3.63) is 53.6 Å². The summed E-state index contributed by atoms with van der Waals surface area (Å²) in [5, 5.41) is 10.6. The number of halogens is 1. The molecule has 1 aliphatic carbocycles. The van der Waals surface area contributed by atoms with Gasteiger partial charge in [0.25, 0.3) is 0 Å². The van der Waals surface area contributed by atoms with Crippen LogP contribution in [0.15, 0.2) is 48.5 Å². The van der Waals surface area contributed by atoms with E-state index in [0.29, 0.717) is 24.0 Å². The number of fused-ring (bicyclic) bond motifs is 3. The summed E-state index contributed by atoms with van der Waals surface area (Å²) in [5.74, 6) is 2.10. The van der Waals surface area contributed by atoms with Crippen molar-refractivity contribution >= 4 is 40.0 Å². The van der Waals surface area contributed by atoms with Crippen LogP contribution in [0.2, 0.25) is 5.02 Å². The minimum absolute atomic E-state index is 0.252. The van der Waals surface area contributed by atoms with Gasteiger partial charge in [-0.05, 0) is 31.0 Å². The van der Waals surface area contributed by atoms with Gasteiger partial charge in [0.05, 0.1) is 5.52 Å². The molecule has 1 aliphatic heterocycles. The summed E-state index contributed by atoms with van der Waals surface area (Å²) in [6.07, 6.45) is 2.07. The van der Waals surface area contributed by atoms with Gasteiger partial charge in [0, 0.05) is 48.1 Å². The van der Waals surface area contributed by atoms with Crippen LogP contribution in [0.4, 0.5) is 5.95 Å². The number of anilines is 1. The molecule has 8 heteroatoms. The highest BCUT2D eigenvalue weighted by Crippen LogP contribution is 2.33. The molecule has 2 aliphatic rings. The van der Waals surface area contributed by atoms with Crippen molar-refractivity contribution in [3.63, 3.8) is 0 Å². The maximum atomic E-state index is 12.5. The Kier molecular flexibility index (Phi) is 4.31. The van der Waals surface area contributed by atoms with Gasteiger partial charge >= 0.3 is 0 Å². The molecule has 1 saturated heterocycles. The van der Waals surface area contributed by atoms with E-state index in [9.17, 15) is 4.79 Å². The van der Waals surface area contributed by atoms with E-state index in [4.69, 9.17) is 16.6 Å². The normalized spacial score (nSPS) is 16.9. The van der Waals surface area contributed by atoms with E-state index >= 15 is 0 Å². The molecular weight excluding hydrogens is 412 g/mol. The summed E-state index contributed by atoms with van der Waals surface area (Å²) in [5.41, 5.74) is 2.53. The zero-order valence-corrected chi connectivity index (χ0v) is 17.7. The predicted molar refractivity (Wildman–Crippen MR) is 120 cm³/mol. The first kappa shape index (κ1) is 18.6. The van der Waals surface area contributed by atoms with Gasteiger partial charge in [-0.2, -0.15) is 0 Å². The third-order valence-corrected chi connectivity index (χ3v) is 6.35. The fourth-order valence-electron chi connectivity index (χ4n) is 4.29. The molecular formula is C23H21ClN6O. The van der Waals surface area contributed by atoms with Gasteiger partial charge in [0.2, 0.25) is 11.9 Å². The van der Waals surface area contributed by atoms with Gasteiger partial charge in [-0.1, -0.05) is 41.9 Å². The van der Waals surface area contributed by atoms with Crippen molar-refractivity contribution in [2.75, 3.05) is 31.1 Å². The molecule has 7 nitrogen and oxygen atoms in total. The van der Waals surface area contributed by atoms with Gasteiger partial charge in [-0.3, -0.25) is 4.79 Å². The number of aromatic nitrogens is 4. The maximum absolute atomic E-state index is 12.5. The number of benzene rings is 2. The quantitative estimate of drug-likeness (QED) is 0.494. The minimum atomic E-state index is 0.252. The van der Waals surface area contributed by atoms with Crippen LogP contribution in [0, 0.1) is 5.92 Å². The molecule has 6 rings (SSSR count). The largest absolute Gasteiger partial charge is 0.339 e. The SMILES string of the molecule is O=C(C1CC1)N1CCN(c2nc3cc(Cl)ccc3c3nnc(-c4ccccc4)n23)CC1. The topological polar surface area (TPSA) is 66.6 Å². The number of nitrogens with zero attached hydrogens (tertiary/aromatic N) is 6. The molecule has 2 fully saturated rings. The van der Waals surface area contributed by atoms with Crippen molar-refractivity contribution in [3.8, 4) is 11.4 Å². The van der Waals surface area contributed by atoms with Crippen LogP contribution >= 0.6 is 11.6 Å². The molecule has 0 atom stereocenters. The fourth-order valence-corrected chi connectivity index (χ4v) is 4.46. The van der Waals surface area contributed by atoms with Crippen LogP contribution in [-0.4, -0.2) is 56.6 Å². The first-order valence-corrected chi connectivity index (χ1v) is 11.0. The van der Waals surface area contributed by atoms with E-state index in [2.05, 4.69) is 15.1 Å². The highest BCUT2D eigenvalue weighted by molar-refractivity contribution is 6.31. The van der Waals surface area contributed by atoms with Crippen LogP contribution in [0.1, 0.15) is 12.8 Å². The Morgan fingerprint density at radius 2 is 1.74 bits per heavy atom. The van der Waals surface area contributed by atoms with Crippen LogP contribution in [0.5, 0.6) is 0 Å². The van der Waals surface area contributed by atoms with Crippen molar-refractivity contribution < 1.29 is 4.79 Å². The monoisotopic (exact) mass is 432 g/mol. The smallest absolute Gasteiger partial charge is 0.225 e. The van der Waals surface area contributed by atoms with E-state index in [0.717, 1.165) is 59.8 Å². The van der Waals surface area contributed by atoms with Crippen LogP contribution < -0.4 is 4.90 Å². The fraction of sp³-hybridized carbons (Fsp3) is 0.304. The minimum Gasteiger partial charge on any atom is -0.339 e. The number of piperazine rings is 1. The maximum Gasteiger partial charge on any atom is 0.225 e. The molecule has 2 aromatic carbocycles. The average molecular weight is 433 g/mol. The Bertz CT molecular complexity index is 1290. The Morgan fingerprint density at radius 3 is 2.48 bits per heavy atom. The predicted octanol–water partition coefficient (Wildman–Crippen LogP) is 3.66. The summed E-state index contributed by atoms with van der Waals surface area (Å²) in [4.78, 5) is 21.7. The van der Waals surface area contributed by atoms with Gasteiger partial charge in [-0.25, -0.2) is 9.38 Å². The van der Waals surface area contributed by atoms with Gasteiger partial charge in [-0.15, -0.1) is 10.2 Å². The van der Waals surface area contributed by atoms with Crippen molar-refractivity contribution in [1.29, 1.82) is 0 Å². The van der Waals surface area contributed by atoms with E-state index in [1.165, 1.54) is 0 Å². The number of carbonyl (C=O) groups excluding carboxylic acids is 1. The summed E-state index contributed by atoms with van der Waals surface area (Å²) in [6.45, 7) is 2.85. The third kappa shape index (κ3) is 3.20. The molecule has 156 valence electrons. The Balaban J connectivity index is 1.47. The number of carbonyl (C=O) groups is 1. The average Bonchev–Trinajstić information content (AvgIpc) is 3.57. The summed E-state index contributed by atoms with van der Waals surface area (Å²) in [7, 11) is 0. The summed E-state index contributed by atoms with van der Waals surface area (Å²) in [6, 6.07) is 15.7. The Morgan fingerprint density at radius 1 is 0.968 bits per heavy atom. The summed E-state index contributed by atoms with van der Waals surface area (Å²) >= 11 is 6.26. The molecule has 31 heavy (non-hydrogen) atoms. The van der Waals surface area contributed by atoms with E-state index < -0.39 is 0 Å². The molecule has 0 N–H and O–H groups in total. The molecule has 2 aromatic heterocycles.